The van der Waals surface area contributed by atoms with Crippen molar-refractivity contribution in [3.8, 4) is 0 Å². The highest BCUT2D eigenvalue weighted by molar-refractivity contribution is 6.31. The Kier molecular flexibility index (Phi) is 3.53. The maximum absolute atomic E-state index is 11.7. The van der Waals surface area contributed by atoms with Crippen LogP contribution in [0.15, 0.2) is 42.4 Å². The largest absolute Gasteiger partial charge is 0.465 e. The molecule has 0 amide bonds. The van der Waals surface area contributed by atoms with Gasteiger partial charge in [-0.25, -0.2) is 9.78 Å². The molecule has 3 heterocycles. The van der Waals surface area contributed by atoms with Gasteiger partial charge in [0.25, 0.3) is 0 Å². The van der Waals surface area contributed by atoms with Gasteiger partial charge in [-0.15, -0.1) is 0 Å². The van der Waals surface area contributed by atoms with Crippen LogP contribution in [-0.4, -0.2) is 33.7 Å². The number of H-pyrrole nitrogens is 1. The van der Waals surface area contributed by atoms with Crippen LogP contribution in [0.25, 0.3) is 17.1 Å². The summed E-state index contributed by atoms with van der Waals surface area (Å²) in [5.74, 6) is -0.525. The van der Waals surface area contributed by atoms with Crippen LogP contribution in [0.4, 0.5) is 5.69 Å². The number of anilines is 1. The van der Waals surface area contributed by atoms with Gasteiger partial charge < -0.3 is 15.0 Å². The van der Waals surface area contributed by atoms with Crippen LogP contribution in [0.2, 0.25) is 0 Å². The van der Waals surface area contributed by atoms with Crippen LogP contribution < -0.4 is 5.32 Å². The quantitative estimate of drug-likeness (QED) is 0.637. The summed E-state index contributed by atoms with van der Waals surface area (Å²) in [5.41, 5.74) is 4.26. The highest BCUT2D eigenvalue weighted by Gasteiger charge is 2.26. The molecule has 1 aliphatic carbocycles. The van der Waals surface area contributed by atoms with E-state index in [0.29, 0.717) is 12.2 Å². The summed E-state index contributed by atoms with van der Waals surface area (Å²) in [6, 6.07) is 5.92. The van der Waals surface area contributed by atoms with Crippen molar-refractivity contribution in [1.82, 2.24) is 15.0 Å². The fraction of sp³-hybridized carbons (Fsp3) is 0.111. The van der Waals surface area contributed by atoms with E-state index in [-0.39, 0.29) is 11.3 Å². The molecule has 4 rings (SSSR count). The number of aromatic amines is 1. The van der Waals surface area contributed by atoms with E-state index in [0.717, 1.165) is 27.8 Å². The fourth-order valence-electron chi connectivity index (χ4n) is 2.81. The summed E-state index contributed by atoms with van der Waals surface area (Å²) < 4.78 is 4.70. The van der Waals surface area contributed by atoms with E-state index in [1.807, 2.05) is 24.5 Å². The number of rotatable bonds is 4. The summed E-state index contributed by atoms with van der Waals surface area (Å²) in [6.07, 6.45) is 6.97. The molecule has 25 heavy (non-hydrogen) atoms. The van der Waals surface area contributed by atoms with E-state index < -0.39 is 5.97 Å². The summed E-state index contributed by atoms with van der Waals surface area (Å²) in [4.78, 5) is 23.4. The lowest BCUT2D eigenvalue weighted by atomic mass is 10.2. The van der Waals surface area contributed by atoms with E-state index >= 15 is 0 Å². The summed E-state index contributed by atoms with van der Waals surface area (Å²) in [7, 11) is 1.30. The number of aromatic nitrogens is 3. The molecule has 0 saturated heterocycles. The number of hydrogen-bond donors (Lipinski definition) is 3. The maximum atomic E-state index is 11.7. The first-order valence-electron chi connectivity index (χ1n) is 7.71. The topological polar surface area (TPSA) is 104 Å². The van der Waals surface area contributed by atoms with Crippen LogP contribution in [0.5, 0.6) is 0 Å². The van der Waals surface area contributed by atoms with E-state index in [4.69, 9.17) is 10.1 Å². The summed E-state index contributed by atoms with van der Waals surface area (Å²) >= 11 is 0. The van der Waals surface area contributed by atoms with Gasteiger partial charge in [-0.2, -0.15) is 0 Å². The Bertz CT molecular complexity index is 1030. The molecule has 0 spiro atoms. The van der Waals surface area contributed by atoms with E-state index in [2.05, 4.69) is 26.3 Å². The van der Waals surface area contributed by atoms with Crippen LogP contribution in [0, 0.1) is 5.41 Å². The molecule has 0 aliphatic heterocycles. The zero-order valence-electron chi connectivity index (χ0n) is 13.5. The molecule has 7 nitrogen and oxygen atoms in total. The number of nitrogens with zero attached hydrogens (tertiary/aromatic N) is 2. The smallest absolute Gasteiger partial charge is 0.340 e. The molecular weight excluding hydrogens is 318 g/mol. The molecule has 0 atom stereocenters. The molecule has 0 radical (unpaired) electrons. The first kappa shape index (κ1) is 15.1. The SMILES string of the molecule is COC(=O)C1=Cc2cc(NCc3cnc4[nH]ccc4c3)cnc2C1=N. The van der Waals surface area contributed by atoms with Crippen LogP contribution in [0.1, 0.15) is 16.8 Å². The van der Waals surface area contributed by atoms with Crippen molar-refractivity contribution in [2.75, 3.05) is 12.4 Å². The number of hydrogen-bond acceptors (Lipinski definition) is 6. The molecule has 0 unspecified atom stereocenters. The number of fused-ring (bicyclic) bond motifs is 2. The predicted molar refractivity (Wildman–Crippen MR) is 94.5 cm³/mol. The van der Waals surface area contributed by atoms with Gasteiger partial charge in [0.1, 0.15) is 5.65 Å². The molecule has 124 valence electrons. The second-order valence-electron chi connectivity index (χ2n) is 5.70. The zero-order valence-corrected chi connectivity index (χ0v) is 13.5. The van der Waals surface area contributed by atoms with Crippen molar-refractivity contribution < 1.29 is 9.53 Å². The van der Waals surface area contributed by atoms with Gasteiger partial charge in [0, 0.05) is 29.9 Å². The Morgan fingerprint density at radius 1 is 1.32 bits per heavy atom. The highest BCUT2D eigenvalue weighted by Crippen LogP contribution is 2.26. The third-order valence-corrected chi connectivity index (χ3v) is 4.08. The Morgan fingerprint density at radius 3 is 3.04 bits per heavy atom. The lowest BCUT2D eigenvalue weighted by molar-refractivity contribution is -0.135. The molecule has 3 aromatic heterocycles. The van der Waals surface area contributed by atoms with Crippen LogP contribution in [-0.2, 0) is 16.1 Å². The third-order valence-electron chi connectivity index (χ3n) is 4.08. The van der Waals surface area contributed by atoms with Gasteiger partial charge in [-0.3, -0.25) is 10.4 Å². The molecule has 3 N–H and O–H groups in total. The Balaban J connectivity index is 1.54. The maximum Gasteiger partial charge on any atom is 0.340 e. The molecule has 0 fully saturated rings. The summed E-state index contributed by atoms with van der Waals surface area (Å²) in [6.45, 7) is 0.597. The predicted octanol–water partition coefficient (Wildman–Crippen LogP) is 2.51. The zero-order chi connectivity index (χ0) is 17.4. The van der Waals surface area contributed by atoms with Crippen LogP contribution >= 0.6 is 0 Å². The highest BCUT2D eigenvalue weighted by atomic mass is 16.5. The van der Waals surface area contributed by atoms with Gasteiger partial charge >= 0.3 is 5.97 Å². The summed E-state index contributed by atoms with van der Waals surface area (Å²) in [5, 5.41) is 12.4. The van der Waals surface area contributed by atoms with Gasteiger partial charge in [0.2, 0.25) is 0 Å². The van der Waals surface area contributed by atoms with E-state index in [9.17, 15) is 4.79 Å². The Morgan fingerprint density at radius 2 is 2.20 bits per heavy atom. The minimum absolute atomic E-state index is 0.0931. The van der Waals surface area contributed by atoms with Crippen molar-refractivity contribution in [3.63, 3.8) is 0 Å². The molecule has 7 heteroatoms. The van der Waals surface area contributed by atoms with Gasteiger partial charge in [0.05, 0.1) is 36.0 Å². The normalized spacial score (nSPS) is 12.8. The number of ether oxygens (including phenoxy) is 1. The number of carbonyl (C=O) groups is 1. The number of carbonyl (C=O) groups excluding carboxylic acids is 1. The molecule has 3 aromatic rings. The van der Waals surface area contributed by atoms with E-state index in [1.54, 1.807) is 12.3 Å². The van der Waals surface area contributed by atoms with Crippen LogP contribution in [0.3, 0.4) is 0 Å². The minimum Gasteiger partial charge on any atom is -0.465 e. The number of pyridine rings is 2. The number of esters is 1. The fourth-order valence-corrected chi connectivity index (χ4v) is 2.81. The lowest BCUT2D eigenvalue weighted by Crippen LogP contribution is -2.12. The van der Waals surface area contributed by atoms with Crippen molar-refractivity contribution in [2.24, 2.45) is 0 Å². The Hall–Kier alpha value is -3.48. The molecule has 1 aliphatic rings. The third kappa shape index (κ3) is 2.65. The minimum atomic E-state index is -0.525. The van der Waals surface area contributed by atoms with E-state index in [1.165, 1.54) is 7.11 Å². The van der Waals surface area contributed by atoms with Gasteiger partial charge in [-0.05, 0) is 29.8 Å². The Labute approximate surface area is 143 Å². The molecule has 0 aromatic carbocycles. The van der Waals surface area contributed by atoms with Crippen molar-refractivity contribution in [3.05, 3.63) is 59.2 Å². The second-order valence-corrected chi connectivity index (χ2v) is 5.70. The molecule has 0 saturated carbocycles. The molecular formula is C18H15N5O2. The van der Waals surface area contributed by atoms with Gasteiger partial charge in [0.15, 0.2) is 0 Å². The lowest BCUT2D eigenvalue weighted by Gasteiger charge is -2.08. The number of nitrogens with one attached hydrogen (secondary N) is 3. The van der Waals surface area contributed by atoms with Crippen molar-refractivity contribution in [2.45, 2.75) is 6.54 Å². The molecule has 0 bridgehead atoms. The first-order chi connectivity index (χ1) is 12.2. The van der Waals surface area contributed by atoms with Crippen molar-refractivity contribution in [1.29, 1.82) is 5.41 Å². The average molecular weight is 333 g/mol. The standard InChI is InChI=1S/C18H15N5O2/c1-25-18(24)14-6-12-5-13(9-22-16(12)15(14)19)21-7-10-4-11-2-3-20-17(11)23-8-10/h2-6,8-9,19,21H,7H2,1H3,(H,20,23). The van der Waals surface area contributed by atoms with Gasteiger partial charge in [-0.1, -0.05) is 0 Å². The first-order valence-corrected chi connectivity index (χ1v) is 7.71. The average Bonchev–Trinajstić information content (AvgIpc) is 3.23. The second kappa shape index (κ2) is 5.86. The monoisotopic (exact) mass is 333 g/mol. The number of methoxy groups -OCH3 is 1. The van der Waals surface area contributed by atoms with Crippen molar-refractivity contribution >= 4 is 34.5 Å².